The van der Waals surface area contributed by atoms with E-state index in [1.165, 1.54) is 10.9 Å². The number of likely N-dealkylation sites (N-methyl/N-ethyl adjacent to an activating group) is 1. The summed E-state index contributed by atoms with van der Waals surface area (Å²) in [5, 5.41) is 2.35. The van der Waals surface area contributed by atoms with Crippen molar-refractivity contribution >= 4 is 33.7 Å². The Morgan fingerprint density at radius 2 is 1.88 bits per heavy atom. The van der Waals surface area contributed by atoms with Crippen LogP contribution in [0.2, 0.25) is 0 Å². The van der Waals surface area contributed by atoms with E-state index in [1.54, 1.807) is 6.07 Å². The number of aliphatic imine (C=N–C) groups is 1. The Bertz CT molecular complexity index is 1000. The first-order chi connectivity index (χ1) is 12.0. The lowest BCUT2D eigenvalue weighted by atomic mass is 10.1. The third-order valence-electron chi connectivity index (χ3n) is 4.92. The second-order valence-electron chi connectivity index (χ2n) is 6.67. The van der Waals surface area contributed by atoms with E-state index in [1.807, 2.05) is 18.2 Å². The van der Waals surface area contributed by atoms with Crippen LogP contribution in [0.15, 0.2) is 47.5 Å². The number of guanidine groups is 1. The van der Waals surface area contributed by atoms with Crippen LogP contribution in [0.5, 0.6) is 0 Å². The second kappa shape index (κ2) is 5.89. The van der Waals surface area contributed by atoms with Gasteiger partial charge in [-0.05, 0) is 38.2 Å². The molecule has 0 aliphatic carbocycles. The third kappa shape index (κ3) is 2.64. The number of carbonyl (C=O) groups excluding carboxylic acids is 1. The van der Waals surface area contributed by atoms with E-state index in [4.69, 9.17) is 11.5 Å². The number of benzene rings is 2. The minimum absolute atomic E-state index is 0.219. The van der Waals surface area contributed by atoms with E-state index in [0.717, 1.165) is 30.4 Å². The topological polar surface area (TPSA) is 89.6 Å². The smallest absolute Gasteiger partial charge is 0.280 e. The van der Waals surface area contributed by atoms with Gasteiger partial charge >= 0.3 is 0 Å². The van der Waals surface area contributed by atoms with Crippen molar-refractivity contribution in [3.8, 4) is 0 Å². The van der Waals surface area contributed by atoms with E-state index < -0.39 is 5.91 Å². The quantitative estimate of drug-likeness (QED) is 0.554. The zero-order chi connectivity index (χ0) is 17.6. The Kier molecular flexibility index (Phi) is 3.69. The molecule has 0 radical (unpaired) electrons. The van der Waals surface area contributed by atoms with Crippen molar-refractivity contribution < 1.29 is 4.79 Å². The molecular weight excluding hydrogens is 314 g/mol. The van der Waals surface area contributed by atoms with Crippen LogP contribution < -0.4 is 11.5 Å². The molecule has 2 heterocycles. The molecule has 1 fully saturated rings. The van der Waals surface area contributed by atoms with Crippen molar-refractivity contribution in [3.05, 3.63) is 48.0 Å². The number of likely N-dealkylation sites (tertiary alicyclic amines) is 1. The third-order valence-corrected chi connectivity index (χ3v) is 4.92. The van der Waals surface area contributed by atoms with Gasteiger partial charge in [0.05, 0.1) is 5.52 Å². The first-order valence-corrected chi connectivity index (χ1v) is 8.40. The maximum absolute atomic E-state index is 12.2. The Balaban J connectivity index is 1.95. The van der Waals surface area contributed by atoms with E-state index in [2.05, 4.69) is 39.7 Å². The number of fused-ring (bicyclic) bond motifs is 3. The maximum atomic E-state index is 12.2. The molecule has 0 spiro atoms. The average molecular weight is 335 g/mol. The molecule has 6 heteroatoms. The number of hydrogen-bond acceptors (Lipinski definition) is 2. The minimum Gasteiger partial charge on any atom is -0.370 e. The summed E-state index contributed by atoms with van der Waals surface area (Å²) >= 11 is 0. The molecule has 1 amide bonds. The highest BCUT2D eigenvalue weighted by molar-refractivity contribution is 6.11. The number of hydrogen-bond donors (Lipinski definition) is 2. The van der Waals surface area contributed by atoms with Gasteiger partial charge in [0.15, 0.2) is 5.96 Å². The van der Waals surface area contributed by atoms with Crippen LogP contribution in [0.25, 0.3) is 21.8 Å². The van der Waals surface area contributed by atoms with Crippen LogP contribution >= 0.6 is 0 Å². The zero-order valence-corrected chi connectivity index (χ0v) is 14.1. The van der Waals surface area contributed by atoms with Crippen molar-refractivity contribution in [2.45, 2.75) is 12.5 Å². The van der Waals surface area contributed by atoms with Crippen molar-refractivity contribution in [3.63, 3.8) is 0 Å². The normalized spacial score (nSPS) is 18.0. The maximum Gasteiger partial charge on any atom is 0.280 e. The largest absolute Gasteiger partial charge is 0.370 e. The van der Waals surface area contributed by atoms with Gasteiger partial charge in [-0.1, -0.05) is 24.3 Å². The summed E-state index contributed by atoms with van der Waals surface area (Å²) in [6.07, 6.45) is 1.09. The number of rotatable bonds is 2. The molecule has 1 aromatic heterocycles. The molecule has 1 aliphatic rings. The van der Waals surface area contributed by atoms with Crippen molar-refractivity contribution in [2.75, 3.05) is 20.1 Å². The van der Waals surface area contributed by atoms with Gasteiger partial charge in [0, 0.05) is 34.4 Å². The molecule has 4 rings (SSSR count). The van der Waals surface area contributed by atoms with Crippen LogP contribution in [0, 0.1) is 0 Å². The fourth-order valence-corrected chi connectivity index (χ4v) is 3.83. The lowest BCUT2D eigenvalue weighted by Gasteiger charge is -2.16. The van der Waals surface area contributed by atoms with Crippen LogP contribution in [0.1, 0.15) is 22.8 Å². The summed E-state index contributed by atoms with van der Waals surface area (Å²) in [6, 6.07) is 14.4. The molecule has 3 aromatic rings. The van der Waals surface area contributed by atoms with Gasteiger partial charge in [-0.3, -0.25) is 4.79 Å². The first kappa shape index (κ1) is 15.7. The highest BCUT2D eigenvalue weighted by Crippen LogP contribution is 2.35. The molecule has 1 atom stereocenters. The molecule has 4 N–H and O–H groups in total. The van der Waals surface area contributed by atoms with E-state index in [-0.39, 0.29) is 5.96 Å². The standard InChI is InChI=1S/C19H21N5O/c1-23-9-8-13(11-23)24-16-5-3-2-4-14(16)15-7-6-12(10-17(15)24)18(25)22-19(20)21/h2-7,10,13H,8-9,11H2,1H3,(H4,20,21,22,25)/t13-/m1/s1. The van der Waals surface area contributed by atoms with E-state index >= 15 is 0 Å². The molecule has 2 aromatic carbocycles. The van der Waals surface area contributed by atoms with Gasteiger partial charge in [0.2, 0.25) is 0 Å². The van der Waals surface area contributed by atoms with Crippen LogP contribution in [0.4, 0.5) is 0 Å². The molecule has 25 heavy (non-hydrogen) atoms. The van der Waals surface area contributed by atoms with Crippen LogP contribution in [-0.4, -0.2) is 41.5 Å². The molecule has 0 saturated carbocycles. The summed E-state index contributed by atoms with van der Waals surface area (Å²) in [5.41, 5.74) is 13.4. The Morgan fingerprint density at radius 3 is 2.60 bits per heavy atom. The van der Waals surface area contributed by atoms with E-state index in [0.29, 0.717) is 11.6 Å². The van der Waals surface area contributed by atoms with Gasteiger partial charge in [0.1, 0.15) is 0 Å². The molecular formula is C19H21N5O. The lowest BCUT2D eigenvalue weighted by Crippen LogP contribution is -2.24. The van der Waals surface area contributed by atoms with Gasteiger partial charge in [0.25, 0.3) is 5.91 Å². The Morgan fingerprint density at radius 1 is 1.12 bits per heavy atom. The second-order valence-corrected chi connectivity index (χ2v) is 6.67. The summed E-state index contributed by atoms with van der Waals surface area (Å²) in [6.45, 7) is 2.07. The van der Waals surface area contributed by atoms with E-state index in [9.17, 15) is 4.79 Å². The highest BCUT2D eigenvalue weighted by atomic mass is 16.1. The number of aromatic nitrogens is 1. The van der Waals surface area contributed by atoms with Crippen LogP contribution in [-0.2, 0) is 0 Å². The fraction of sp³-hybridized carbons (Fsp3) is 0.263. The molecule has 0 unspecified atom stereocenters. The predicted molar refractivity (Wildman–Crippen MR) is 101 cm³/mol. The number of carbonyl (C=O) groups is 1. The fourth-order valence-electron chi connectivity index (χ4n) is 3.83. The first-order valence-electron chi connectivity index (χ1n) is 8.40. The molecule has 1 aliphatic heterocycles. The Labute approximate surface area is 145 Å². The van der Waals surface area contributed by atoms with Crippen molar-refractivity contribution in [2.24, 2.45) is 16.5 Å². The molecule has 6 nitrogen and oxygen atoms in total. The SMILES string of the molecule is CN1CC[C@@H](n2c3ccccc3c3ccc(C(=O)N=C(N)N)cc32)C1. The lowest BCUT2D eigenvalue weighted by molar-refractivity contribution is 0.100. The number of amides is 1. The number of nitrogens with zero attached hydrogens (tertiary/aromatic N) is 3. The summed E-state index contributed by atoms with van der Waals surface area (Å²) in [7, 11) is 2.14. The summed E-state index contributed by atoms with van der Waals surface area (Å²) < 4.78 is 2.36. The number of para-hydroxylation sites is 1. The number of nitrogens with two attached hydrogens (primary N) is 2. The predicted octanol–water partition coefficient (Wildman–Crippen LogP) is 2.08. The molecule has 1 saturated heterocycles. The van der Waals surface area contributed by atoms with Crippen molar-refractivity contribution in [1.29, 1.82) is 0 Å². The summed E-state index contributed by atoms with van der Waals surface area (Å²) in [4.78, 5) is 18.2. The molecule has 0 bridgehead atoms. The highest BCUT2D eigenvalue weighted by Gasteiger charge is 2.25. The van der Waals surface area contributed by atoms with Gasteiger partial charge in [-0.25, -0.2) is 0 Å². The van der Waals surface area contributed by atoms with Gasteiger partial charge < -0.3 is 20.9 Å². The van der Waals surface area contributed by atoms with Crippen LogP contribution in [0.3, 0.4) is 0 Å². The zero-order valence-electron chi connectivity index (χ0n) is 14.1. The van der Waals surface area contributed by atoms with Gasteiger partial charge in [-0.2, -0.15) is 4.99 Å². The average Bonchev–Trinajstić information content (AvgIpc) is 3.14. The molecule has 128 valence electrons. The minimum atomic E-state index is -0.415. The Hall–Kier alpha value is -2.86. The van der Waals surface area contributed by atoms with Crippen molar-refractivity contribution in [1.82, 2.24) is 9.47 Å². The summed E-state index contributed by atoms with van der Waals surface area (Å²) in [5.74, 6) is -0.634. The monoisotopic (exact) mass is 335 g/mol. The van der Waals surface area contributed by atoms with Gasteiger partial charge in [-0.15, -0.1) is 0 Å².